The third-order valence-corrected chi connectivity index (χ3v) is 4.30. The zero-order chi connectivity index (χ0) is 22.7. The molecule has 0 aliphatic carbocycles. The zero-order valence-corrected chi connectivity index (χ0v) is 19.4. The van der Waals surface area contributed by atoms with E-state index in [2.05, 4.69) is 33.0 Å². The summed E-state index contributed by atoms with van der Waals surface area (Å²) in [5.74, 6) is 0.830. The maximum Gasteiger partial charge on any atom is 0.412 e. The molecular weight excluding hydrogens is 392 g/mol. The third kappa shape index (κ3) is 10.0. The van der Waals surface area contributed by atoms with Crippen LogP contribution in [0.2, 0.25) is 0 Å². The number of ether oxygens (including phenoxy) is 1. The maximum atomic E-state index is 11.8. The van der Waals surface area contributed by atoms with E-state index in [0.717, 1.165) is 50.5 Å². The van der Waals surface area contributed by atoms with Gasteiger partial charge in [0.15, 0.2) is 5.96 Å². The van der Waals surface area contributed by atoms with Crippen molar-refractivity contribution in [2.45, 2.75) is 52.6 Å². The molecule has 1 aromatic carbocycles. The second-order valence-electron chi connectivity index (χ2n) is 8.39. The highest BCUT2D eigenvalue weighted by Crippen LogP contribution is 2.13. The maximum absolute atomic E-state index is 11.8. The minimum absolute atomic E-state index is 0.447. The van der Waals surface area contributed by atoms with Crippen molar-refractivity contribution in [1.82, 2.24) is 20.4 Å². The fourth-order valence-electron chi connectivity index (χ4n) is 2.92. The van der Waals surface area contributed by atoms with Crippen LogP contribution in [-0.2, 0) is 24.6 Å². The Bertz CT molecular complexity index is 836. The summed E-state index contributed by atoms with van der Waals surface area (Å²) in [6.45, 7) is 9.93. The number of hydrogen-bond acceptors (Lipinski definition) is 4. The molecule has 0 bridgehead atoms. The number of benzene rings is 1. The number of nitrogens with one attached hydrogen (secondary N) is 3. The van der Waals surface area contributed by atoms with Gasteiger partial charge in [-0.15, -0.1) is 0 Å². The predicted octanol–water partition coefficient (Wildman–Crippen LogP) is 3.50. The highest BCUT2D eigenvalue weighted by atomic mass is 16.6. The van der Waals surface area contributed by atoms with Gasteiger partial charge in [-0.05, 0) is 70.2 Å². The van der Waals surface area contributed by atoms with E-state index in [1.807, 2.05) is 69.2 Å². The summed E-state index contributed by atoms with van der Waals surface area (Å²) in [6.07, 6.45) is 6.31. The van der Waals surface area contributed by atoms with Crippen molar-refractivity contribution in [2.24, 2.45) is 12.0 Å². The first-order chi connectivity index (χ1) is 14.7. The molecule has 170 valence electrons. The Balaban J connectivity index is 1.73. The van der Waals surface area contributed by atoms with Gasteiger partial charge in [-0.3, -0.25) is 15.0 Å². The number of aromatic nitrogens is 2. The Hall–Kier alpha value is -3.03. The summed E-state index contributed by atoms with van der Waals surface area (Å²) in [7, 11) is 1.93. The third-order valence-electron chi connectivity index (χ3n) is 4.30. The molecule has 0 unspecified atom stereocenters. The van der Waals surface area contributed by atoms with Gasteiger partial charge in [0.25, 0.3) is 0 Å². The zero-order valence-electron chi connectivity index (χ0n) is 19.4. The molecule has 0 aliphatic rings. The second kappa shape index (κ2) is 12.0. The highest BCUT2D eigenvalue weighted by Gasteiger charge is 2.16. The van der Waals surface area contributed by atoms with Gasteiger partial charge in [0.1, 0.15) is 5.60 Å². The molecule has 0 aliphatic heterocycles. The number of carbonyl (C=O) groups is 1. The minimum atomic E-state index is -0.514. The van der Waals surface area contributed by atoms with Gasteiger partial charge in [0, 0.05) is 38.6 Å². The van der Waals surface area contributed by atoms with Crippen LogP contribution in [0.4, 0.5) is 10.5 Å². The first-order valence-corrected chi connectivity index (χ1v) is 10.8. The van der Waals surface area contributed by atoms with Crippen LogP contribution in [-0.4, -0.2) is 47.1 Å². The summed E-state index contributed by atoms with van der Waals surface area (Å²) >= 11 is 0. The van der Waals surface area contributed by atoms with Crippen molar-refractivity contribution in [3.63, 3.8) is 0 Å². The average Bonchev–Trinajstić information content (AvgIpc) is 3.10. The largest absolute Gasteiger partial charge is 0.444 e. The molecule has 0 saturated carbocycles. The SMILES string of the molecule is CCNC(=NCCCc1cnn(C)c1)NCCc1ccc(NC(=O)OC(C)(C)C)cc1. The molecule has 0 atom stereocenters. The highest BCUT2D eigenvalue weighted by molar-refractivity contribution is 5.84. The van der Waals surface area contributed by atoms with Crippen LogP contribution in [0.15, 0.2) is 41.7 Å². The Kier molecular flexibility index (Phi) is 9.37. The van der Waals surface area contributed by atoms with Crippen LogP contribution in [0.25, 0.3) is 0 Å². The van der Waals surface area contributed by atoms with E-state index in [1.54, 1.807) is 0 Å². The molecular formula is C23H36N6O2. The number of amides is 1. The molecule has 0 fully saturated rings. The second-order valence-corrected chi connectivity index (χ2v) is 8.39. The lowest BCUT2D eigenvalue weighted by Gasteiger charge is -2.19. The van der Waals surface area contributed by atoms with E-state index in [9.17, 15) is 4.79 Å². The molecule has 1 amide bonds. The fourth-order valence-corrected chi connectivity index (χ4v) is 2.92. The van der Waals surface area contributed by atoms with Crippen molar-refractivity contribution in [1.29, 1.82) is 0 Å². The molecule has 8 heteroatoms. The standard InChI is InChI=1S/C23H36N6O2/c1-6-24-21(25-14-7-8-19-16-27-29(5)17-19)26-15-13-18-9-11-20(12-10-18)28-22(30)31-23(2,3)4/h9-12,16-17H,6-8,13-15H2,1-5H3,(H,28,30)(H2,24,25,26). The fraction of sp³-hybridized carbons (Fsp3) is 0.522. The van der Waals surface area contributed by atoms with Crippen LogP contribution in [0, 0.1) is 0 Å². The van der Waals surface area contributed by atoms with E-state index in [4.69, 9.17) is 4.74 Å². The van der Waals surface area contributed by atoms with Crippen molar-refractivity contribution in [2.75, 3.05) is 25.0 Å². The number of aliphatic imine (C=N–C) groups is 1. The van der Waals surface area contributed by atoms with E-state index in [1.165, 1.54) is 11.1 Å². The smallest absolute Gasteiger partial charge is 0.412 e. The number of hydrogen-bond donors (Lipinski definition) is 3. The van der Waals surface area contributed by atoms with Gasteiger partial charge in [0.05, 0.1) is 6.20 Å². The average molecular weight is 429 g/mol. The van der Waals surface area contributed by atoms with E-state index >= 15 is 0 Å². The summed E-state index contributed by atoms with van der Waals surface area (Å²) < 4.78 is 7.09. The quantitative estimate of drug-likeness (QED) is 0.323. The Morgan fingerprint density at radius 2 is 1.87 bits per heavy atom. The normalized spacial score (nSPS) is 11.8. The molecule has 2 rings (SSSR count). The molecule has 2 aromatic rings. The van der Waals surface area contributed by atoms with Gasteiger partial charge < -0.3 is 15.4 Å². The number of aryl methyl sites for hydroxylation is 2. The Morgan fingerprint density at radius 1 is 1.13 bits per heavy atom. The summed E-state index contributed by atoms with van der Waals surface area (Å²) in [6, 6.07) is 7.78. The molecule has 0 spiro atoms. The lowest BCUT2D eigenvalue weighted by molar-refractivity contribution is 0.0636. The van der Waals surface area contributed by atoms with E-state index < -0.39 is 11.7 Å². The topological polar surface area (TPSA) is 92.6 Å². The molecule has 0 saturated heterocycles. The van der Waals surface area contributed by atoms with Crippen molar-refractivity contribution < 1.29 is 9.53 Å². The lowest BCUT2D eigenvalue weighted by Crippen LogP contribution is -2.38. The van der Waals surface area contributed by atoms with Crippen molar-refractivity contribution >= 4 is 17.7 Å². The van der Waals surface area contributed by atoms with Gasteiger partial charge in [-0.2, -0.15) is 5.10 Å². The first kappa shape index (κ1) is 24.2. The number of anilines is 1. The minimum Gasteiger partial charge on any atom is -0.444 e. The summed E-state index contributed by atoms with van der Waals surface area (Å²) in [5.41, 5.74) is 2.62. The van der Waals surface area contributed by atoms with Gasteiger partial charge in [-0.25, -0.2) is 4.79 Å². The number of nitrogens with zero attached hydrogens (tertiary/aromatic N) is 3. The number of rotatable bonds is 9. The van der Waals surface area contributed by atoms with Crippen LogP contribution in [0.5, 0.6) is 0 Å². The van der Waals surface area contributed by atoms with Crippen LogP contribution < -0.4 is 16.0 Å². The predicted molar refractivity (Wildman–Crippen MR) is 126 cm³/mol. The van der Waals surface area contributed by atoms with Gasteiger partial charge >= 0.3 is 6.09 Å². The van der Waals surface area contributed by atoms with Crippen molar-refractivity contribution in [3.8, 4) is 0 Å². The van der Waals surface area contributed by atoms with E-state index in [0.29, 0.717) is 0 Å². The molecule has 31 heavy (non-hydrogen) atoms. The molecule has 8 nitrogen and oxygen atoms in total. The van der Waals surface area contributed by atoms with Gasteiger partial charge in [0.2, 0.25) is 0 Å². The molecule has 0 radical (unpaired) electrons. The lowest BCUT2D eigenvalue weighted by atomic mass is 10.1. The monoisotopic (exact) mass is 428 g/mol. The Morgan fingerprint density at radius 3 is 2.48 bits per heavy atom. The van der Waals surface area contributed by atoms with Crippen LogP contribution in [0.1, 0.15) is 45.2 Å². The van der Waals surface area contributed by atoms with Crippen molar-refractivity contribution in [3.05, 3.63) is 47.8 Å². The first-order valence-electron chi connectivity index (χ1n) is 10.8. The number of carbonyl (C=O) groups excluding carboxylic acids is 1. The molecule has 3 N–H and O–H groups in total. The van der Waals surface area contributed by atoms with Crippen LogP contribution in [0.3, 0.4) is 0 Å². The van der Waals surface area contributed by atoms with Crippen LogP contribution >= 0.6 is 0 Å². The molecule has 1 aromatic heterocycles. The summed E-state index contributed by atoms with van der Waals surface area (Å²) in [5, 5.41) is 13.6. The number of guanidine groups is 1. The Labute approximate surface area is 185 Å². The van der Waals surface area contributed by atoms with Gasteiger partial charge in [-0.1, -0.05) is 12.1 Å². The van der Waals surface area contributed by atoms with E-state index in [-0.39, 0.29) is 0 Å². The molecule has 1 heterocycles. The summed E-state index contributed by atoms with van der Waals surface area (Å²) in [4.78, 5) is 16.5.